The van der Waals surface area contributed by atoms with Crippen LogP contribution in [-0.2, 0) is 9.53 Å². The molecule has 2 unspecified atom stereocenters. The Morgan fingerprint density at radius 2 is 2.10 bits per heavy atom. The highest BCUT2D eigenvalue weighted by Gasteiger charge is 2.34. The van der Waals surface area contributed by atoms with Crippen LogP contribution >= 0.6 is 0 Å². The predicted octanol–water partition coefficient (Wildman–Crippen LogP) is 2.29. The Morgan fingerprint density at radius 1 is 1.45 bits per heavy atom. The second-order valence-corrected chi connectivity index (χ2v) is 5.58. The van der Waals surface area contributed by atoms with Crippen molar-refractivity contribution in [2.24, 2.45) is 10.6 Å². The van der Waals surface area contributed by atoms with Crippen molar-refractivity contribution < 1.29 is 19.8 Å². The standard InChI is InChI=1S/C14H20N2O4/c1-14(2,3)12(13(17)18)20-11(8-16-19)9-5-4-6-10(15)7-9/h4-8,11-12,19H,15H2,1-3H3,(H,17,18). The fourth-order valence-corrected chi connectivity index (χ4v) is 1.78. The van der Waals surface area contributed by atoms with Gasteiger partial charge in [0.05, 0.1) is 6.21 Å². The van der Waals surface area contributed by atoms with E-state index in [2.05, 4.69) is 5.16 Å². The number of carboxylic acids is 1. The molecule has 0 saturated carbocycles. The Hall–Kier alpha value is -2.08. The Kier molecular flexibility index (Phi) is 5.10. The molecule has 0 bridgehead atoms. The molecular formula is C14H20N2O4. The third kappa shape index (κ3) is 4.24. The maximum atomic E-state index is 11.3. The van der Waals surface area contributed by atoms with Gasteiger partial charge in [-0.25, -0.2) is 4.79 Å². The van der Waals surface area contributed by atoms with Crippen molar-refractivity contribution in [2.75, 3.05) is 5.73 Å². The molecule has 0 aliphatic rings. The lowest BCUT2D eigenvalue weighted by molar-refractivity contribution is -0.160. The first-order valence-electron chi connectivity index (χ1n) is 6.17. The zero-order valence-electron chi connectivity index (χ0n) is 11.8. The van der Waals surface area contributed by atoms with Gasteiger partial charge in [0.1, 0.15) is 6.10 Å². The predicted molar refractivity (Wildman–Crippen MR) is 75.8 cm³/mol. The molecule has 4 N–H and O–H groups in total. The molecule has 20 heavy (non-hydrogen) atoms. The van der Waals surface area contributed by atoms with E-state index < -0.39 is 23.6 Å². The van der Waals surface area contributed by atoms with E-state index in [-0.39, 0.29) is 0 Å². The lowest BCUT2D eigenvalue weighted by Gasteiger charge is -2.29. The highest BCUT2D eigenvalue weighted by Crippen LogP contribution is 2.28. The van der Waals surface area contributed by atoms with Crippen molar-refractivity contribution in [3.63, 3.8) is 0 Å². The number of benzene rings is 1. The van der Waals surface area contributed by atoms with Crippen LogP contribution in [0.1, 0.15) is 32.4 Å². The summed E-state index contributed by atoms with van der Waals surface area (Å²) in [4.78, 5) is 11.3. The molecular weight excluding hydrogens is 260 g/mol. The van der Waals surface area contributed by atoms with E-state index >= 15 is 0 Å². The van der Waals surface area contributed by atoms with E-state index in [1.807, 2.05) is 0 Å². The van der Waals surface area contributed by atoms with E-state index in [0.717, 1.165) is 6.21 Å². The van der Waals surface area contributed by atoms with Crippen molar-refractivity contribution in [2.45, 2.75) is 33.0 Å². The van der Waals surface area contributed by atoms with E-state index in [0.29, 0.717) is 11.3 Å². The molecule has 0 heterocycles. The number of carbonyl (C=O) groups is 1. The van der Waals surface area contributed by atoms with E-state index in [1.54, 1.807) is 45.0 Å². The highest BCUT2D eigenvalue weighted by molar-refractivity contribution is 5.74. The Morgan fingerprint density at radius 3 is 2.55 bits per heavy atom. The molecule has 0 fully saturated rings. The van der Waals surface area contributed by atoms with Crippen molar-refractivity contribution in [3.05, 3.63) is 29.8 Å². The smallest absolute Gasteiger partial charge is 0.333 e. The minimum absolute atomic E-state index is 0.519. The largest absolute Gasteiger partial charge is 0.479 e. The summed E-state index contributed by atoms with van der Waals surface area (Å²) in [7, 11) is 0. The molecule has 0 aliphatic heterocycles. The first-order chi connectivity index (χ1) is 9.25. The number of aliphatic carboxylic acids is 1. The molecule has 1 aromatic rings. The third-order valence-electron chi connectivity index (χ3n) is 2.73. The minimum atomic E-state index is -1.07. The number of nitrogens with zero attached hydrogens (tertiary/aromatic N) is 1. The van der Waals surface area contributed by atoms with Crippen molar-refractivity contribution in [1.82, 2.24) is 0 Å². The lowest BCUT2D eigenvalue weighted by Crippen LogP contribution is -2.38. The van der Waals surface area contributed by atoms with Crippen LogP contribution in [0.3, 0.4) is 0 Å². The molecule has 110 valence electrons. The van der Waals surface area contributed by atoms with Crippen molar-refractivity contribution in [1.29, 1.82) is 0 Å². The highest BCUT2D eigenvalue weighted by atomic mass is 16.5. The molecule has 0 saturated heterocycles. The van der Waals surface area contributed by atoms with Crippen LogP contribution in [0.25, 0.3) is 0 Å². The van der Waals surface area contributed by atoms with E-state index in [4.69, 9.17) is 15.7 Å². The molecule has 0 radical (unpaired) electrons. The van der Waals surface area contributed by atoms with Gasteiger partial charge in [-0.15, -0.1) is 0 Å². The van der Waals surface area contributed by atoms with Crippen LogP contribution < -0.4 is 5.73 Å². The maximum Gasteiger partial charge on any atom is 0.333 e. The molecule has 6 heteroatoms. The average molecular weight is 280 g/mol. The molecule has 0 aromatic heterocycles. The van der Waals surface area contributed by atoms with Crippen molar-refractivity contribution >= 4 is 17.9 Å². The van der Waals surface area contributed by atoms with E-state index in [1.165, 1.54) is 0 Å². The summed E-state index contributed by atoms with van der Waals surface area (Å²) in [6, 6.07) is 6.80. The molecule has 1 aromatic carbocycles. The van der Waals surface area contributed by atoms with Gasteiger partial charge in [0.25, 0.3) is 0 Å². The van der Waals surface area contributed by atoms with Crippen LogP contribution in [0.5, 0.6) is 0 Å². The Labute approximate surface area is 117 Å². The Balaban J connectivity index is 3.06. The first-order valence-corrected chi connectivity index (χ1v) is 6.17. The number of rotatable bonds is 5. The van der Waals surface area contributed by atoms with Crippen LogP contribution in [0.15, 0.2) is 29.4 Å². The van der Waals surface area contributed by atoms with Gasteiger partial charge in [-0.1, -0.05) is 38.1 Å². The summed E-state index contributed by atoms with van der Waals surface area (Å²) in [6.45, 7) is 5.29. The van der Waals surface area contributed by atoms with Gasteiger partial charge in [-0.2, -0.15) is 0 Å². The van der Waals surface area contributed by atoms with Gasteiger partial charge in [-0.05, 0) is 23.1 Å². The van der Waals surface area contributed by atoms with Crippen LogP contribution in [0, 0.1) is 5.41 Å². The second kappa shape index (κ2) is 6.38. The Bertz CT molecular complexity index is 494. The average Bonchev–Trinajstić information content (AvgIpc) is 2.32. The van der Waals surface area contributed by atoms with Gasteiger partial charge in [0.2, 0.25) is 0 Å². The number of nitrogens with two attached hydrogens (primary N) is 1. The summed E-state index contributed by atoms with van der Waals surface area (Å²) in [5, 5.41) is 21.0. The molecule has 0 spiro atoms. The molecule has 6 nitrogen and oxygen atoms in total. The van der Waals surface area contributed by atoms with Crippen LogP contribution in [-0.4, -0.2) is 28.6 Å². The SMILES string of the molecule is CC(C)(C)C(OC(C=NO)c1cccc(N)c1)C(=O)O. The third-order valence-corrected chi connectivity index (χ3v) is 2.73. The number of hydrogen-bond acceptors (Lipinski definition) is 5. The number of oxime groups is 1. The molecule has 1 rings (SSSR count). The van der Waals surface area contributed by atoms with Gasteiger partial charge in [0.15, 0.2) is 6.10 Å². The number of carboxylic acid groups (broad SMARTS) is 1. The lowest BCUT2D eigenvalue weighted by atomic mass is 9.89. The summed E-state index contributed by atoms with van der Waals surface area (Å²) in [6.07, 6.45) is -0.702. The summed E-state index contributed by atoms with van der Waals surface area (Å²) in [5.74, 6) is -1.07. The zero-order valence-corrected chi connectivity index (χ0v) is 11.8. The van der Waals surface area contributed by atoms with Gasteiger partial charge < -0.3 is 20.8 Å². The van der Waals surface area contributed by atoms with Crippen LogP contribution in [0.4, 0.5) is 5.69 Å². The number of hydrogen-bond donors (Lipinski definition) is 3. The maximum absolute atomic E-state index is 11.3. The number of nitrogen functional groups attached to an aromatic ring is 1. The van der Waals surface area contributed by atoms with Gasteiger partial charge in [-0.3, -0.25) is 0 Å². The molecule has 0 amide bonds. The fourth-order valence-electron chi connectivity index (χ4n) is 1.78. The van der Waals surface area contributed by atoms with E-state index in [9.17, 15) is 9.90 Å². The normalized spacial score (nSPS) is 15.2. The fraction of sp³-hybridized carbons (Fsp3) is 0.429. The zero-order chi connectivity index (χ0) is 15.3. The summed E-state index contributed by atoms with van der Waals surface area (Å²) >= 11 is 0. The second-order valence-electron chi connectivity index (χ2n) is 5.58. The number of anilines is 1. The quantitative estimate of drug-likeness (QED) is 0.332. The van der Waals surface area contributed by atoms with Crippen molar-refractivity contribution in [3.8, 4) is 0 Å². The first kappa shape index (κ1) is 16.0. The summed E-state index contributed by atoms with van der Waals surface area (Å²) in [5.41, 5.74) is 6.23. The summed E-state index contributed by atoms with van der Waals surface area (Å²) < 4.78 is 5.59. The van der Waals surface area contributed by atoms with Gasteiger partial charge in [0, 0.05) is 5.69 Å². The van der Waals surface area contributed by atoms with Crippen LogP contribution in [0.2, 0.25) is 0 Å². The topological polar surface area (TPSA) is 105 Å². The monoisotopic (exact) mass is 280 g/mol. The molecule has 0 aliphatic carbocycles. The minimum Gasteiger partial charge on any atom is -0.479 e. The number of ether oxygens (including phenoxy) is 1. The molecule has 2 atom stereocenters. The van der Waals surface area contributed by atoms with Gasteiger partial charge >= 0.3 is 5.97 Å².